The van der Waals surface area contributed by atoms with Gasteiger partial charge in [0, 0.05) is 42.5 Å². The SMILES string of the molecule is C[C@@H](NC(=O)c1ccc(Cl)cc1)C(=O)N1CCN(c2ccccc2)CC1. The molecule has 0 spiro atoms. The van der Waals surface area contributed by atoms with Crippen molar-refractivity contribution in [2.24, 2.45) is 0 Å². The second-order valence-electron chi connectivity index (χ2n) is 6.35. The number of nitrogens with zero attached hydrogens (tertiary/aromatic N) is 2. The number of para-hydroxylation sites is 1. The predicted molar refractivity (Wildman–Crippen MR) is 104 cm³/mol. The van der Waals surface area contributed by atoms with Crippen LogP contribution in [0.1, 0.15) is 17.3 Å². The summed E-state index contributed by atoms with van der Waals surface area (Å²) in [7, 11) is 0. The van der Waals surface area contributed by atoms with Crippen molar-refractivity contribution < 1.29 is 9.59 Å². The molecule has 1 fully saturated rings. The molecule has 1 aliphatic rings. The monoisotopic (exact) mass is 371 g/mol. The summed E-state index contributed by atoms with van der Waals surface area (Å²) in [6.07, 6.45) is 0. The Morgan fingerprint density at radius 2 is 1.58 bits per heavy atom. The highest BCUT2D eigenvalue weighted by Gasteiger charge is 2.26. The van der Waals surface area contributed by atoms with Gasteiger partial charge in [0.25, 0.3) is 5.91 Å². The molecule has 1 atom stereocenters. The average Bonchev–Trinajstić information content (AvgIpc) is 2.68. The lowest BCUT2D eigenvalue weighted by molar-refractivity contribution is -0.133. The molecule has 3 rings (SSSR count). The number of amides is 2. The van der Waals surface area contributed by atoms with Crippen LogP contribution in [0.3, 0.4) is 0 Å². The molecule has 5 nitrogen and oxygen atoms in total. The third-order valence-electron chi connectivity index (χ3n) is 4.54. The lowest BCUT2D eigenvalue weighted by Crippen LogP contribution is -2.54. The minimum absolute atomic E-state index is 0.0555. The highest BCUT2D eigenvalue weighted by molar-refractivity contribution is 6.30. The summed E-state index contributed by atoms with van der Waals surface area (Å²) >= 11 is 5.83. The van der Waals surface area contributed by atoms with Crippen LogP contribution in [-0.4, -0.2) is 48.9 Å². The highest BCUT2D eigenvalue weighted by Crippen LogP contribution is 2.16. The number of hydrogen-bond donors (Lipinski definition) is 1. The number of carbonyl (C=O) groups excluding carboxylic acids is 2. The number of piperazine rings is 1. The lowest BCUT2D eigenvalue weighted by atomic mass is 10.2. The van der Waals surface area contributed by atoms with Gasteiger partial charge in [0.05, 0.1) is 0 Å². The van der Waals surface area contributed by atoms with Gasteiger partial charge in [-0.1, -0.05) is 29.8 Å². The molecule has 1 N–H and O–H groups in total. The van der Waals surface area contributed by atoms with Crippen LogP contribution in [0, 0.1) is 0 Å². The number of carbonyl (C=O) groups is 2. The first-order valence-corrected chi connectivity index (χ1v) is 9.07. The zero-order valence-corrected chi connectivity index (χ0v) is 15.4. The van der Waals surface area contributed by atoms with E-state index in [1.165, 1.54) is 5.69 Å². The predicted octanol–water partition coefficient (Wildman–Crippen LogP) is 2.81. The molecule has 0 saturated carbocycles. The topological polar surface area (TPSA) is 52.7 Å². The molecule has 0 bridgehead atoms. The Balaban J connectivity index is 1.53. The van der Waals surface area contributed by atoms with Gasteiger partial charge in [-0.05, 0) is 43.3 Å². The van der Waals surface area contributed by atoms with Gasteiger partial charge in [-0.15, -0.1) is 0 Å². The van der Waals surface area contributed by atoms with Gasteiger partial charge < -0.3 is 15.1 Å². The summed E-state index contributed by atoms with van der Waals surface area (Å²) in [5.74, 6) is -0.328. The van der Waals surface area contributed by atoms with E-state index in [2.05, 4.69) is 22.3 Å². The fourth-order valence-electron chi connectivity index (χ4n) is 3.04. The van der Waals surface area contributed by atoms with E-state index < -0.39 is 6.04 Å². The molecule has 6 heteroatoms. The molecule has 2 amide bonds. The first kappa shape index (κ1) is 18.3. The van der Waals surface area contributed by atoms with Crippen molar-refractivity contribution in [1.29, 1.82) is 0 Å². The van der Waals surface area contributed by atoms with Crippen molar-refractivity contribution in [3.63, 3.8) is 0 Å². The molecule has 2 aromatic carbocycles. The van der Waals surface area contributed by atoms with Gasteiger partial charge in [0.2, 0.25) is 5.91 Å². The summed E-state index contributed by atoms with van der Waals surface area (Å²) in [5, 5.41) is 3.34. The number of hydrogen-bond acceptors (Lipinski definition) is 3. The molecular weight excluding hydrogens is 350 g/mol. The summed E-state index contributed by atoms with van der Waals surface area (Å²) in [6.45, 7) is 4.59. The van der Waals surface area contributed by atoms with E-state index in [9.17, 15) is 9.59 Å². The van der Waals surface area contributed by atoms with Crippen molar-refractivity contribution >= 4 is 29.1 Å². The van der Waals surface area contributed by atoms with Gasteiger partial charge in [0.1, 0.15) is 6.04 Å². The van der Waals surface area contributed by atoms with Crippen LogP contribution in [0.5, 0.6) is 0 Å². The Labute approximate surface area is 158 Å². The molecule has 2 aromatic rings. The van der Waals surface area contributed by atoms with Crippen LogP contribution in [0.15, 0.2) is 54.6 Å². The van der Waals surface area contributed by atoms with Crippen LogP contribution in [-0.2, 0) is 4.79 Å². The summed E-state index contributed by atoms with van der Waals surface area (Å²) in [6, 6.07) is 16.2. The Kier molecular flexibility index (Phi) is 5.78. The fourth-order valence-corrected chi connectivity index (χ4v) is 3.17. The Morgan fingerprint density at radius 1 is 0.962 bits per heavy atom. The number of rotatable bonds is 4. The van der Waals surface area contributed by atoms with Crippen molar-refractivity contribution in [3.05, 3.63) is 65.2 Å². The quantitative estimate of drug-likeness (QED) is 0.899. The maximum atomic E-state index is 12.6. The largest absolute Gasteiger partial charge is 0.368 e. The molecule has 0 aromatic heterocycles. The Bertz CT molecular complexity index is 756. The maximum absolute atomic E-state index is 12.6. The van der Waals surface area contributed by atoms with Crippen LogP contribution in [0.25, 0.3) is 0 Å². The minimum Gasteiger partial charge on any atom is -0.368 e. The van der Waals surface area contributed by atoms with E-state index in [-0.39, 0.29) is 11.8 Å². The molecule has 1 saturated heterocycles. The van der Waals surface area contributed by atoms with Crippen molar-refractivity contribution in [3.8, 4) is 0 Å². The van der Waals surface area contributed by atoms with E-state index in [1.54, 1.807) is 31.2 Å². The fraction of sp³-hybridized carbons (Fsp3) is 0.300. The third-order valence-corrected chi connectivity index (χ3v) is 4.79. The van der Waals surface area contributed by atoms with E-state index in [0.29, 0.717) is 23.7 Å². The normalized spacial score (nSPS) is 15.5. The highest BCUT2D eigenvalue weighted by atomic mass is 35.5. The minimum atomic E-state index is -0.568. The van der Waals surface area contributed by atoms with Gasteiger partial charge >= 0.3 is 0 Å². The zero-order chi connectivity index (χ0) is 18.5. The summed E-state index contributed by atoms with van der Waals surface area (Å²) in [5.41, 5.74) is 1.66. The molecule has 0 radical (unpaired) electrons. The van der Waals surface area contributed by atoms with E-state index in [4.69, 9.17) is 11.6 Å². The number of anilines is 1. The van der Waals surface area contributed by atoms with Gasteiger partial charge in [0.15, 0.2) is 0 Å². The molecular formula is C20H22ClN3O2. The molecule has 26 heavy (non-hydrogen) atoms. The average molecular weight is 372 g/mol. The molecule has 136 valence electrons. The van der Waals surface area contributed by atoms with Crippen molar-refractivity contribution in [1.82, 2.24) is 10.2 Å². The summed E-state index contributed by atoms with van der Waals surface area (Å²) in [4.78, 5) is 29.0. The second-order valence-corrected chi connectivity index (χ2v) is 6.79. The summed E-state index contributed by atoms with van der Waals surface area (Å²) < 4.78 is 0. The first-order valence-electron chi connectivity index (χ1n) is 8.70. The molecule has 0 unspecified atom stereocenters. The molecule has 1 aliphatic heterocycles. The van der Waals surface area contributed by atoms with Crippen molar-refractivity contribution in [2.45, 2.75) is 13.0 Å². The number of nitrogens with one attached hydrogen (secondary N) is 1. The molecule has 1 heterocycles. The maximum Gasteiger partial charge on any atom is 0.251 e. The van der Waals surface area contributed by atoms with Gasteiger partial charge in [-0.3, -0.25) is 9.59 Å². The van der Waals surface area contributed by atoms with Crippen LogP contribution < -0.4 is 10.2 Å². The Morgan fingerprint density at radius 3 is 2.19 bits per heavy atom. The van der Waals surface area contributed by atoms with E-state index in [0.717, 1.165) is 13.1 Å². The molecule has 0 aliphatic carbocycles. The third kappa shape index (κ3) is 4.35. The van der Waals surface area contributed by atoms with Gasteiger partial charge in [-0.2, -0.15) is 0 Å². The van der Waals surface area contributed by atoms with Crippen molar-refractivity contribution in [2.75, 3.05) is 31.1 Å². The van der Waals surface area contributed by atoms with E-state index >= 15 is 0 Å². The second kappa shape index (κ2) is 8.23. The lowest BCUT2D eigenvalue weighted by Gasteiger charge is -2.37. The first-order chi connectivity index (χ1) is 12.5. The zero-order valence-electron chi connectivity index (χ0n) is 14.7. The number of halogens is 1. The smallest absolute Gasteiger partial charge is 0.251 e. The standard InChI is InChI=1S/C20H22ClN3O2/c1-15(22-19(25)16-7-9-17(21)10-8-16)20(26)24-13-11-23(12-14-24)18-5-3-2-4-6-18/h2-10,15H,11-14H2,1H3,(H,22,25)/t15-/m1/s1. The van der Waals surface area contributed by atoms with Crippen LogP contribution in [0.2, 0.25) is 5.02 Å². The van der Waals surface area contributed by atoms with Gasteiger partial charge in [-0.25, -0.2) is 0 Å². The van der Waals surface area contributed by atoms with E-state index in [1.807, 2.05) is 23.1 Å². The van der Waals surface area contributed by atoms with Crippen LogP contribution >= 0.6 is 11.6 Å². The van der Waals surface area contributed by atoms with Crippen LogP contribution in [0.4, 0.5) is 5.69 Å². The Hall–Kier alpha value is -2.53. The number of benzene rings is 2.